The summed E-state index contributed by atoms with van der Waals surface area (Å²) in [4.78, 5) is 17.9. The van der Waals surface area contributed by atoms with Gasteiger partial charge in [0.15, 0.2) is 5.82 Å². The summed E-state index contributed by atoms with van der Waals surface area (Å²) < 4.78 is 0. The first-order valence-corrected chi connectivity index (χ1v) is 3.64. The minimum absolute atomic E-state index is 0.553. The lowest BCUT2D eigenvalue weighted by atomic mass is 10.5. The highest BCUT2D eigenvalue weighted by molar-refractivity contribution is 5.86. The molecule has 1 aromatic heterocycles. The Morgan fingerprint density at radius 1 is 1.54 bits per heavy atom. The zero-order valence-corrected chi connectivity index (χ0v) is 6.79. The van der Waals surface area contributed by atoms with E-state index in [0.29, 0.717) is 5.82 Å². The Morgan fingerprint density at radius 2 is 2.38 bits per heavy atom. The third kappa shape index (κ3) is 3.81. The fourth-order valence-corrected chi connectivity index (χ4v) is 0.675. The molecule has 1 N–H and O–H groups in total. The first-order valence-electron chi connectivity index (χ1n) is 3.64. The van der Waals surface area contributed by atoms with Gasteiger partial charge in [-0.25, -0.2) is 14.8 Å². The number of carboxylic acids is 1. The molecule has 66 valence electrons. The molecule has 0 aromatic carbocycles. The molecule has 4 heteroatoms. The lowest BCUT2D eigenvalue weighted by Gasteiger charge is -1.86. The van der Waals surface area contributed by atoms with Crippen LogP contribution in [-0.4, -0.2) is 22.3 Å². The fourth-order valence-electron chi connectivity index (χ4n) is 0.675. The number of aromatic nitrogens is 1. The maximum Gasteiger partial charge on any atom is 0.328 e. The Labute approximate surface area is 75.3 Å². The van der Waals surface area contributed by atoms with Gasteiger partial charge in [-0.15, -0.1) is 0 Å². The molecular formula is C9H8N2O2. The minimum atomic E-state index is -0.993. The molecule has 0 fully saturated rings. The maximum absolute atomic E-state index is 10.0. The lowest BCUT2D eigenvalue weighted by molar-refractivity contribution is -0.131. The monoisotopic (exact) mass is 176 g/mol. The van der Waals surface area contributed by atoms with Crippen LogP contribution in [0.4, 0.5) is 5.82 Å². The average molecular weight is 176 g/mol. The molecule has 13 heavy (non-hydrogen) atoms. The number of allylic oxidation sites excluding steroid dienone is 1. The molecule has 0 aliphatic heterocycles. The van der Waals surface area contributed by atoms with Gasteiger partial charge in [0.1, 0.15) is 0 Å². The SMILES string of the molecule is O=C(O)/C=C/C=Nc1ccccn1. The second kappa shape index (κ2) is 4.82. The molecule has 0 bridgehead atoms. The smallest absolute Gasteiger partial charge is 0.328 e. The van der Waals surface area contributed by atoms with Crippen LogP contribution in [0.25, 0.3) is 0 Å². The Balaban J connectivity index is 2.55. The van der Waals surface area contributed by atoms with Crippen LogP contribution in [0, 0.1) is 0 Å². The molecule has 1 rings (SSSR count). The Bertz CT molecular complexity index is 331. The van der Waals surface area contributed by atoms with Gasteiger partial charge < -0.3 is 5.11 Å². The molecule has 0 radical (unpaired) electrons. The zero-order valence-electron chi connectivity index (χ0n) is 6.79. The van der Waals surface area contributed by atoms with Crippen molar-refractivity contribution in [2.24, 2.45) is 4.99 Å². The van der Waals surface area contributed by atoms with E-state index < -0.39 is 5.97 Å². The quantitative estimate of drug-likeness (QED) is 0.559. The van der Waals surface area contributed by atoms with Crippen LogP contribution >= 0.6 is 0 Å². The highest BCUT2D eigenvalue weighted by atomic mass is 16.4. The van der Waals surface area contributed by atoms with E-state index in [1.54, 1.807) is 24.4 Å². The van der Waals surface area contributed by atoms with Crippen LogP contribution in [0.2, 0.25) is 0 Å². The highest BCUT2D eigenvalue weighted by Crippen LogP contribution is 2.02. The summed E-state index contributed by atoms with van der Waals surface area (Å²) in [5.74, 6) is -0.440. The van der Waals surface area contributed by atoms with E-state index in [-0.39, 0.29) is 0 Å². The second-order valence-corrected chi connectivity index (χ2v) is 2.16. The Kier molecular flexibility index (Phi) is 3.38. The number of aliphatic imine (C=N–C) groups is 1. The molecule has 0 amide bonds. The van der Waals surface area contributed by atoms with E-state index in [0.717, 1.165) is 6.08 Å². The van der Waals surface area contributed by atoms with E-state index in [1.165, 1.54) is 12.3 Å². The summed E-state index contributed by atoms with van der Waals surface area (Å²) in [6.07, 6.45) is 5.35. The molecule has 0 unspecified atom stereocenters. The van der Waals surface area contributed by atoms with Crippen molar-refractivity contribution in [3.05, 3.63) is 36.5 Å². The van der Waals surface area contributed by atoms with Gasteiger partial charge in [-0.1, -0.05) is 6.07 Å². The summed E-state index contributed by atoms with van der Waals surface area (Å²) in [6, 6.07) is 5.32. The summed E-state index contributed by atoms with van der Waals surface area (Å²) in [6.45, 7) is 0. The van der Waals surface area contributed by atoms with Crippen molar-refractivity contribution < 1.29 is 9.90 Å². The molecule has 0 aliphatic rings. The zero-order chi connectivity index (χ0) is 9.52. The van der Waals surface area contributed by atoms with E-state index in [2.05, 4.69) is 9.98 Å². The second-order valence-electron chi connectivity index (χ2n) is 2.16. The van der Waals surface area contributed by atoms with Crippen molar-refractivity contribution in [1.82, 2.24) is 4.98 Å². The standard InChI is InChI=1S/C9H8N2O2/c12-9(13)5-3-7-11-8-4-1-2-6-10-8/h1-7H,(H,12,13)/b5-3+,11-7?. The van der Waals surface area contributed by atoms with Crippen molar-refractivity contribution in [3.8, 4) is 0 Å². The normalized spacial score (nSPS) is 11.1. The summed E-state index contributed by atoms with van der Waals surface area (Å²) in [5, 5.41) is 8.25. The Hall–Kier alpha value is -1.97. The molecule has 1 aromatic rings. The molecular weight excluding hydrogens is 168 g/mol. The van der Waals surface area contributed by atoms with Crippen molar-refractivity contribution in [2.45, 2.75) is 0 Å². The van der Waals surface area contributed by atoms with Gasteiger partial charge in [-0.05, 0) is 18.2 Å². The molecule has 0 saturated heterocycles. The van der Waals surface area contributed by atoms with Crippen LogP contribution < -0.4 is 0 Å². The van der Waals surface area contributed by atoms with E-state index in [9.17, 15) is 4.79 Å². The summed E-state index contributed by atoms with van der Waals surface area (Å²) in [5.41, 5.74) is 0. The number of hydrogen-bond acceptors (Lipinski definition) is 3. The number of rotatable bonds is 3. The third-order valence-corrected chi connectivity index (χ3v) is 1.18. The van der Waals surface area contributed by atoms with Crippen LogP contribution in [0.5, 0.6) is 0 Å². The molecule has 0 spiro atoms. The summed E-state index contributed by atoms with van der Waals surface area (Å²) >= 11 is 0. The number of carbonyl (C=O) groups is 1. The molecule has 4 nitrogen and oxygen atoms in total. The maximum atomic E-state index is 10.0. The van der Waals surface area contributed by atoms with Crippen LogP contribution in [0.15, 0.2) is 41.5 Å². The molecule has 0 atom stereocenters. The van der Waals surface area contributed by atoms with Crippen LogP contribution in [0.3, 0.4) is 0 Å². The first-order chi connectivity index (χ1) is 6.29. The van der Waals surface area contributed by atoms with Gasteiger partial charge in [-0.2, -0.15) is 0 Å². The van der Waals surface area contributed by atoms with Crippen molar-refractivity contribution in [3.63, 3.8) is 0 Å². The minimum Gasteiger partial charge on any atom is -0.478 e. The van der Waals surface area contributed by atoms with Crippen LogP contribution in [0.1, 0.15) is 0 Å². The van der Waals surface area contributed by atoms with Gasteiger partial charge in [0.2, 0.25) is 0 Å². The summed E-state index contributed by atoms with van der Waals surface area (Å²) in [7, 11) is 0. The van der Waals surface area contributed by atoms with Crippen LogP contribution in [-0.2, 0) is 4.79 Å². The largest absolute Gasteiger partial charge is 0.478 e. The number of carboxylic acid groups (broad SMARTS) is 1. The number of pyridine rings is 1. The molecule has 0 aliphatic carbocycles. The van der Waals surface area contributed by atoms with Gasteiger partial charge in [0.05, 0.1) is 0 Å². The highest BCUT2D eigenvalue weighted by Gasteiger charge is 1.84. The third-order valence-electron chi connectivity index (χ3n) is 1.18. The van der Waals surface area contributed by atoms with E-state index >= 15 is 0 Å². The molecule has 1 heterocycles. The predicted molar refractivity (Wildman–Crippen MR) is 49.2 cm³/mol. The van der Waals surface area contributed by atoms with E-state index in [1.807, 2.05) is 0 Å². The van der Waals surface area contributed by atoms with E-state index in [4.69, 9.17) is 5.11 Å². The number of hydrogen-bond donors (Lipinski definition) is 1. The van der Waals surface area contributed by atoms with Gasteiger partial charge in [-0.3, -0.25) is 0 Å². The fraction of sp³-hybridized carbons (Fsp3) is 0. The van der Waals surface area contributed by atoms with Gasteiger partial charge in [0.25, 0.3) is 0 Å². The number of nitrogens with zero attached hydrogens (tertiary/aromatic N) is 2. The topological polar surface area (TPSA) is 62.5 Å². The van der Waals surface area contributed by atoms with Crippen molar-refractivity contribution in [2.75, 3.05) is 0 Å². The average Bonchev–Trinajstić information content (AvgIpc) is 2.14. The lowest BCUT2D eigenvalue weighted by Crippen LogP contribution is -1.85. The first kappa shape index (κ1) is 9.12. The van der Waals surface area contributed by atoms with Crippen molar-refractivity contribution >= 4 is 18.0 Å². The van der Waals surface area contributed by atoms with Gasteiger partial charge in [0, 0.05) is 18.5 Å². The molecule has 0 saturated carbocycles. The Morgan fingerprint density at radius 3 is 3.00 bits per heavy atom. The van der Waals surface area contributed by atoms with Gasteiger partial charge >= 0.3 is 5.97 Å². The number of aliphatic carboxylic acids is 1. The predicted octanol–water partition coefficient (Wildman–Crippen LogP) is 1.42. The van der Waals surface area contributed by atoms with Crippen molar-refractivity contribution in [1.29, 1.82) is 0 Å².